The predicted octanol–water partition coefficient (Wildman–Crippen LogP) is -0.305. The first kappa shape index (κ1) is 14.3. The summed E-state index contributed by atoms with van der Waals surface area (Å²) >= 11 is 0. The molecule has 1 atom stereocenters. The fourth-order valence-electron chi connectivity index (χ4n) is 1.81. The fourth-order valence-corrected chi connectivity index (χ4v) is 1.81. The molecule has 20 heavy (non-hydrogen) atoms. The first-order valence-electron chi connectivity index (χ1n) is 5.75. The first-order valence-corrected chi connectivity index (χ1v) is 5.75. The molecular weight excluding hydrogens is 282 g/mol. The van der Waals surface area contributed by atoms with Crippen LogP contribution >= 0.6 is 12.4 Å². The van der Waals surface area contributed by atoms with Crippen LogP contribution in [0.25, 0.3) is 5.70 Å². The van der Waals surface area contributed by atoms with E-state index in [4.69, 9.17) is 5.73 Å². The van der Waals surface area contributed by atoms with E-state index < -0.39 is 6.23 Å². The number of hydrogen-bond donors (Lipinski definition) is 3. The van der Waals surface area contributed by atoms with Gasteiger partial charge in [-0.2, -0.15) is 0 Å². The Bertz CT molecular complexity index is 583. The smallest absolute Gasteiger partial charge is 0.192 e. The molecule has 0 aromatic carbocycles. The number of hydrazine groups is 1. The molecule has 0 fully saturated rings. The van der Waals surface area contributed by atoms with Crippen LogP contribution in [0.15, 0.2) is 36.9 Å². The van der Waals surface area contributed by atoms with Crippen molar-refractivity contribution in [2.45, 2.75) is 12.8 Å². The number of anilines is 1. The SMILES string of the molecule is Cl.NCc1ccc(N2NC=C(n3ccnn3)C2O)nc1. The molecule has 8 nitrogen and oxygen atoms in total. The van der Waals surface area contributed by atoms with Crippen molar-refractivity contribution in [1.29, 1.82) is 0 Å². The maximum Gasteiger partial charge on any atom is 0.192 e. The Morgan fingerprint density at radius 1 is 1.40 bits per heavy atom. The lowest BCUT2D eigenvalue weighted by molar-refractivity contribution is 0.219. The van der Waals surface area contributed by atoms with Crippen molar-refractivity contribution in [2.75, 3.05) is 5.01 Å². The third kappa shape index (κ3) is 2.44. The van der Waals surface area contributed by atoms with Crippen LogP contribution in [0.2, 0.25) is 0 Å². The Hall–Kier alpha value is -2.16. The molecule has 1 aliphatic rings. The highest BCUT2D eigenvalue weighted by Gasteiger charge is 2.28. The molecule has 3 rings (SSSR count). The Kier molecular flexibility index (Phi) is 4.18. The normalized spacial score (nSPS) is 17.4. The molecule has 0 saturated carbocycles. The van der Waals surface area contributed by atoms with Crippen molar-refractivity contribution in [3.8, 4) is 0 Å². The summed E-state index contributed by atoms with van der Waals surface area (Å²) in [6.07, 6.45) is 5.64. The second-order valence-electron chi connectivity index (χ2n) is 4.02. The Morgan fingerprint density at radius 3 is 2.85 bits per heavy atom. The lowest BCUT2D eigenvalue weighted by Crippen LogP contribution is -2.39. The molecule has 9 heteroatoms. The van der Waals surface area contributed by atoms with E-state index in [-0.39, 0.29) is 12.4 Å². The number of nitrogens with zero attached hydrogens (tertiary/aromatic N) is 5. The number of pyridine rings is 1. The van der Waals surface area contributed by atoms with Gasteiger partial charge < -0.3 is 10.8 Å². The van der Waals surface area contributed by atoms with Crippen LogP contribution in [0.4, 0.5) is 5.82 Å². The minimum Gasteiger partial charge on any atom is -0.367 e. The molecule has 2 aromatic rings. The number of aliphatic hydroxyl groups is 1. The zero-order chi connectivity index (χ0) is 13.2. The minimum absolute atomic E-state index is 0. The number of nitrogens with two attached hydrogens (primary N) is 1. The summed E-state index contributed by atoms with van der Waals surface area (Å²) in [5.41, 5.74) is 9.96. The van der Waals surface area contributed by atoms with Crippen molar-refractivity contribution in [3.05, 3.63) is 42.5 Å². The largest absolute Gasteiger partial charge is 0.367 e. The third-order valence-corrected chi connectivity index (χ3v) is 2.84. The molecule has 4 N–H and O–H groups in total. The number of rotatable bonds is 3. The monoisotopic (exact) mass is 295 g/mol. The Labute approximate surface area is 121 Å². The molecule has 1 aliphatic heterocycles. The summed E-state index contributed by atoms with van der Waals surface area (Å²) in [7, 11) is 0. The molecule has 0 saturated heterocycles. The van der Waals surface area contributed by atoms with Gasteiger partial charge >= 0.3 is 0 Å². The molecule has 0 amide bonds. The molecule has 0 bridgehead atoms. The molecule has 0 radical (unpaired) electrons. The average Bonchev–Trinajstić information content (AvgIpc) is 3.08. The van der Waals surface area contributed by atoms with E-state index in [1.807, 2.05) is 6.07 Å². The van der Waals surface area contributed by atoms with Crippen LogP contribution in [-0.4, -0.2) is 31.3 Å². The van der Waals surface area contributed by atoms with Crippen molar-refractivity contribution >= 4 is 23.9 Å². The second kappa shape index (κ2) is 5.87. The van der Waals surface area contributed by atoms with Gasteiger partial charge in [-0.1, -0.05) is 11.3 Å². The van der Waals surface area contributed by atoms with E-state index in [1.165, 1.54) is 9.69 Å². The van der Waals surface area contributed by atoms with Gasteiger partial charge in [-0.25, -0.2) is 14.7 Å². The van der Waals surface area contributed by atoms with Crippen molar-refractivity contribution in [2.24, 2.45) is 5.73 Å². The summed E-state index contributed by atoms with van der Waals surface area (Å²) in [6, 6.07) is 3.65. The van der Waals surface area contributed by atoms with Gasteiger partial charge in [0.2, 0.25) is 0 Å². The minimum atomic E-state index is -0.891. The quantitative estimate of drug-likeness (QED) is 0.713. The van der Waals surface area contributed by atoms with Gasteiger partial charge in [0, 0.05) is 18.9 Å². The Balaban J connectivity index is 0.00000147. The standard InChI is InChI=1S/C11H13N7O.ClH/c12-5-8-1-2-10(13-6-8)18-11(19)9(7-15-18)17-4-3-14-16-17;/h1-4,6-7,11,15,19H,5,12H2;1H. The highest BCUT2D eigenvalue weighted by Crippen LogP contribution is 2.21. The first-order chi connectivity index (χ1) is 9.29. The summed E-state index contributed by atoms with van der Waals surface area (Å²) < 4.78 is 1.49. The molecule has 3 heterocycles. The summed E-state index contributed by atoms with van der Waals surface area (Å²) in [5, 5.41) is 19.3. The Morgan fingerprint density at radius 2 is 2.25 bits per heavy atom. The van der Waals surface area contributed by atoms with Crippen LogP contribution in [0.3, 0.4) is 0 Å². The third-order valence-electron chi connectivity index (χ3n) is 2.84. The second-order valence-corrected chi connectivity index (χ2v) is 4.02. The van der Waals surface area contributed by atoms with Crippen LogP contribution in [0.1, 0.15) is 5.56 Å². The van der Waals surface area contributed by atoms with E-state index >= 15 is 0 Å². The van der Waals surface area contributed by atoms with Crippen LogP contribution < -0.4 is 16.2 Å². The van der Waals surface area contributed by atoms with E-state index in [0.29, 0.717) is 18.1 Å². The van der Waals surface area contributed by atoms with E-state index in [9.17, 15) is 5.11 Å². The average molecular weight is 296 g/mol. The maximum atomic E-state index is 10.2. The molecule has 1 unspecified atom stereocenters. The lowest BCUT2D eigenvalue weighted by Gasteiger charge is -2.22. The van der Waals surface area contributed by atoms with Crippen molar-refractivity contribution in [1.82, 2.24) is 25.4 Å². The number of hydrogen-bond acceptors (Lipinski definition) is 7. The van der Waals surface area contributed by atoms with Crippen LogP contribution in [0, 0.1) is 0 Å². The van der Waals surface area contributed by atoms with Gasteiger partial charge in [0.05, 0.1) is 12.4 Å². The number of nitrogens with one attached hydrogen (secondary N) is 1. The van der Waals surface area contributed by atoms with Gasteiger partial charge in [-0.15, -0.1) is 17.5 Å². The van der Waals surface area contributed by atoms with Crippen LogP contribution in [0.5, 0.6) is 0 Å². The number of aromatic nitrogens is 4. The van der Waals surface area contributed by atoms with Gasteiger partial charge in [0.15, 0.2) is 6.23 Å². The predicted molar refractivity (Wildman–Crippen MR) is 75.3 cm³/mol. The van der Waals surface area contributed by atoms with Gasteiger partial charge in [0.25, 0.3) is 0 Å². The zero-order valence-electron chi connectivity index (χ0n) is 10.4. The lowest BCUT2D eigenvalue weighted by atomic mass is 10.3. The molecule has 106 valence electrons. The molecule has 0 aliphatic carbocycles. The number of halogens is 1. The molecule has 2 aromatic heterocycles. The van der Waals surface area contributed by atoms with Gasteiger partial charge in [0.1, 0.15) is 11.5 Å². The van der Waals surface area contributed by atoms with E-state index in [1.54, 1.807) is 30.9 Å². The van der Waals surface area contributed by atoms with Crippen molar-refractivity contribution in [3.63, 3.8) is 0 Å². The van der Waals surface area contributed by atoms with Crippen molar-refractivity contribution < 1.29 is 5.11 Å². The van der Waals surface area contributed by atoms with E-state index in [0.717, 1.165) is 5.56 Å². The van der Waals surface area contributed by atoms with Gasteiger partial charge in [-0.05, 0) is 11.6 Å². The van der Waals surface area contributed by atoms with E-state index in [2.05, 4.69) is 20.7 Å². The molecular formula is C11H14ClN7O. The molecule has 0 spiro atoms. The number of aliphatic hydroxyl groups excluding tert-OH is 1. The highest BCUT2D eigenvalue weighted by molar-refractivity contribution is 5.85. The maximum absolute atomic E-state index is 10.2. The summed E-state index contributed by atoms with van der Waals surface area (Å²) in [4.78, 5) is 4.24. The fraction of sp³-hybridized carbons (Fsp3) is 0.182. The summed E-state index contributed by atoms with van der Waals surface area (Å²) in [6.45, 7) is 0.436. The zero-order valence-corrected chi connectivity index (χ0v) is 11.2. The highest BCUT2D eigenvalue weighted by atomic mass is 35.5. The van der Waals surface area contributed by atoms with Gasteiger partial charge in [-0.3, -0.25) is 5.43 Å². The van der Waals surface area contributed by atoms with Crippen LogP contribution in [-0.2, 0) is 6.54 Å². The summed E-state index contributed by atoms with van der Waals surface area (Å²) in [5.74, 6) is 0.594. The topological polar surface area (TPSA) is 105 Å².